The van der Waals surface area contributed by atoms with Crippen LogP contribution in [0.5, 0.6) is 0 Å². The maximum atomic E-state index is 12.5. The number of carbonyl (C=O) groups is 2. The Morgan fingerprint density at radius 2 is 1.73 bits per heavy atom. The van der Waals surface area contributed by atoms with Gasteiger partial charge in [0.25, 0.3) is 5.91 Å². The topological polar surface area (TPSA) is 85.1 Å². The number of rotatable bonds is 5. The summed E-state index contributed by atoms with van der Waals surface area (Å²) in [7, 11) is 0. The maximum absolute atomic E-state index is 12.5. The number of para-hydroxylation sites is 1. The van der Waals surface area contributed by atoms with Gasteiger partial charge in [0.15, 0.2) is 0 Å². The third-order valence-electron chi connectivity index (χ3n) is 4.20. The van der Waals surface area contributed by atoms with Crippen molar-refractivity contribution in [3.63, 3.8) is 0 Å². The monoisotopic (exact) mass is 347 g/mol. The number of fused-ring (bicyclic) bond motifs is 1. The zero-order valence-corrected chi connectivity index (χ0v) is 14.8. The molecular weight excluding hydrogens is 326 g/mol. The fourth-order valence-corrected chi connectivity index (χ4v) is 3.00. The lowest BCUT2D eigenvalue weighted by Gasteiger charge is -2.16. The molecule has 0 unspecified atom stereocenters. The maximum Gasteiger partial charge on any atom is 0.251 e. The van der Waals surface area contributed by atoms with E-state index in [-0.39, 0.29) is 12.3 Å². The Labute approximate surface area is 152 Å². The normalized spacial score (nSPS) is 11.9. The molecule has 2 amide bonds. The molecule has 1 aromatic heterocycles. The fourth-order valence-electron chi connectivity index (χ4n) is 3.00. The molecular formula is C21H21N3O2. The van der Waals surface area contributed by atoms with Crippen LogP contribution in [0.15, 0.2) is 54.6 Å². The summed E-state index contributed by atoms with van der Waals surface area (Å²) in [6.07, 6.45) is 0.247. The Balaban J connectivity index is 1.80. The highest BCUT2D eigenvalue weighted by Crippen LogP contribution is 2.13. The Kier molecular flexibility index (Phi) is 4.98. The Morgan fingerprint density at radius 1 is 1.04 bits per heavy atom. The largest absolute Gasteiger partial charge is 0.368 e. The van der Waals surface area contributed by atoms with Gasteiger partial charge in [-0.3, -0.25) is 14.6 Å². The predicted molar refractivity (Wildman–Crippen MR) is 102 cm³/mol. The fraction of sp³-hybridized carbons (Fsp3) is 0.190. The van der Waals surface area contributed by atoms with Crippen molar-refractivity contribution < 1.29 is 9.59 Å². The van der Waals surface area contributed by atoms with Crippen LogP contribution in [0.2, 0.25) is 0 Å². The zero-order valence-electron chi connectivity index (χ0n) is 14.8. The Hall–Kier alpha value is -3.21. The van der Waals surface area contributed by atoms with E-state index in [0.29, 0.717) is 11.3 Å². The lowest BCUT2D eigenvalue weighted by atomic mass is 10.1. The van der Waals surface area contributed by atoms with Gasteiger partial charge >= 0.3 is 0 Å². The van der Waals surface area contributed by atoms with Crippen LogP contribution in [-0.2, 0) is 11.2 Å². The summed E-state index contributed by atoms with van der Waals surface area (Å²) in [5.41, 5.74) is 9.54. The van der Waals surface area contributed by atoms with E-state index in [2.05, 4.69) is 10.3 Å². The van der Waals surface area contributed by atoms with Crippen molar-refractivity contribution in [2.24, 2.45) is 5.73 Å². The molecule has 3 N–H and O–H groups in total. The molecule has 132 valence electrons. The van der Waals surface area contributed by atoms with E-state index in [0.717, 1.165) is 22.0 Å². The van der Waals surface area contributed by atoms with Crippen molar-refractivity contribution >= 4 is 22.7 Å². The van der Waals surface area contributed by atoms with Gasteiger partial charge in [0.2, 0.25) is 5.91 Å². The number of nitrogens with zero attached hydrogens (tertiary/aromatic N) is 1. The molecule has 3 rings (SSSR count). The van der Waals surface area contributed by atoms with E-state index >= 15 is 0 Å². The van der Waals surface area contributed by atoms with E-state index in [1.54, 1.807) is 12.1 Å². The summed E-state index contributed by atoms with van der Waals surface area (Å²) >= 11 is 0. The first-order chi connectivity index (χ1) is 12.4. The van der Waals surface area contributed by atoms with Gasteiger partial charge < -0.3 is 11.1 Å². The van der Waals surface area contributed by atoms with Gasteiger partial charge in [0, 0.05) is 23.1 Å². The molecule has 0 bridgehead atoms. The number of nitrogens with one attached hydrogen (secondary N) is 1. The van der Waals surface area contributed by atoms with Crippen molar-refractivity contribution in [2.45, 2.75) is 26.3 Å². The van der Waals surface area contributed by atoms with Gasteiger partial charge in [-0.05, 0) is 38.1 Å². The summed E-state index contributed by atoms with van der Waals surface area (Å²) in [4.78, 5) is 28.9. The first-order valence-electron chi connectivity index (χ1n) is 8.45. The highest BCUT2D eigenvalue weighted by molar-refractivity contribution is 5.97. The van der Waals surface area contributed by atoms with E-state index in [1.807, 2.05) is 56.3 Å². The molecule has 0 aliphatic heterocycles. The van der Waals surface area contributed by atoms with Crippen LogP contribution >= 0.6 is 0 Å². The summed E-state index contributed by atoms with van der Waals surface area (Å²) in [6, 6.07) is 16.3. The second-order valence-corrected chi connectivity index (χ2v) is 6.50. The van der Waals surface area contributed by atoms with Crippen LogP contribution in [0.4, 0.5) is 0 Å². The third-order valence-corrected chi connectivity index (χ3v) is 4.20. The van der Waals surface area contributed by atoms with Crippen LogP contribution < -0.4 is 11.1 Å². The molecule has 0 saturated carbocycles. The number of aromatic nitrogens is 1. The van der Waals surface area contributed by atoms with E-state index < -0.39 is 11.9 Å². The Bertz CT molecular complexity index is 962. The number of primary amides is 1. The summed E-state index contributed by atoms with van der Waals surface area (Å²) in [6.45, 7) is 3.85. The van der Waals surface area contributed by atoms with E-state index in [9.17, 15) is 9.59 Å². The molecule has 1 atom stereocenters. The van der Waals surface area contributed by atoms with Crippen LogP contribution in [0, 0.1) is 13.8 Å². The number of hydrogen-bond donors (Lipinski definition) is 2. The average molecular weight is 347 g/mol. The van der Waals surface area contributed by atoms with E-state index in [4.69, 9.17) is 5.73 Å². The van der Waals surface area contributed by atoms with Crippen molar-refractivity contribution in [1.29, 1.82) is 0 Å². The second-order valence-electron chi connectivity index (χ2n) is 6.50. The second kappa shape index (κ2) is 7.35. The molecule has 0 saturated heterocycles. The molecule has 0 radical (unpaired) electrons. The van der Waals surface area contributed by atoms with Gasteiger partial charge in [-0.1, -0.05) is 41.5 Å². The van der Waals surface area contributed by atoms with Crippen molar-refractivity contribution in [1.82, 2.24) is 10.3 Å². The Morgan fingerprint density at radius 3 is 2.42 bits per heavy atom. The smallest absolute Gasteiger partial charge is 0.251 e. The minimum Gasteiger partial charge on any atom is -0.368 e. The molecule has 3 aromatic rings. The van der Waals surface area contributed by atoms with Gasteiger partial charge in [0.05, 0.1) is 5.52 Å². The van der Waals surface area contributed by atoms with Gasteiger partial charge in [-0.25, -0.2) is 0 Å². The number of amides is 2. The van der Waals surface area contributed by atoms with Crippen LogP contribution in [0.1, 0.15) is 27.2 Å². The van der Waals surface area contributed by atoms with Gasteiger partial charge in [0.1, 0.15) is 6.04 Å². The van der Waals surface area contributed by atoms with Crippen LogP contribution in [0.25, 0.3) is 10.9 Å². The molecule has 0 aliphatic carbocycles. The molecule has 5 nitrogen and oxygen atoms in total. The molecule has 0 aliphatic rings. The first-order valence-corrected chi connectivity index (χ1v) is 8.45. The first kappa shape index (κ1) is 17.6. The number of benzene rings is 2. The standard InChI is InChI=1S/C21H21N3O2/c1-13-9-14(2)11-16(10-13)21(26)24-19(20(22)25)12-17-8-7-15-5-3-4-6-18(15)23-17/h3-11,19H,12H2,1-2H3,(H2,22,25)(H,24,26)/t19-/m0/s1. The zero-order chi connectivity index (χ0) is 18.7. The van der Waals surface area contributed by atoms with Crippen molar-refractivity contribution in [3.05, 3.63) is 77.0 Å². The number of hydrogen-bond acceptors (Lipinski definition) is 3. The minimum atomic E-state index is -0.822. The molecule has 2 aromatic carbocycles. The highest BCUT2D eigenvalue weighted by Gasteiger charge is 2.20. The summed E-state index contributed by atoms with van der Waals surface area (Å²) in [5.74, 6) is -0.904. The number of nitrogens with two attached hydrogens (primary N) is 1. The molecule has 5 heteroatoms. The molecule has 26 heavy (non-hydrogen) atoms. The lowest BCUT2D eigenvalue weighted by Crippen LogP contribution is -2.46. The SMILES string of the molecule is Cc1cc(C)cc(C(=O)N[C@@H](Cc2ccc3ccccc3n2)C(N)=O)c1. The molecule has 0 fully saturated rings. The van der Waals surface area contributed by atoms with Crippen LogP contribution in [0.3, 0.4) is 0 Å². The molecule has 0 spiro atoms. The van der Waals surface area contributed by atoms with E-state index in [1.165, 1.54) is 0 Å². The number of aryl methyl sites for hydroxylation is 2. The molecule has 1 heterocycles. The van der Waals surface area contributed by atoms with Crippen LogP contribution in [-0.4, -0.2) is 22.8 Å². The summed E-state index contributed by atoms with van der Waals surface area (Å²) in [5, 5.41) is 3.75. The number of pyridine rings is 1. The number of carbonyl (C=O) groups excluding carboxylic acids is 2. The minimum absolute atomic E-state index is 0.247. The predicted octanol–water partition coefficient (Wildman–Crippen LogP) is 2.68. The van der Waals surface area contributed by atoms with Crippen molar-refractivity contribution in [3.8, 4) is 0 Å². The quantitative estimate of drug-likeness (QED) is 0.744. The average Bonchev–Trinajstić information content (AvgIpc) is 2.60. The van der Waals surface area contributed by atoms with Gasteiger partial charge in [-0.15, -0.1) is 0 Å². The highest BCUT2D eigenvalue weighted by atomic mass is 16.2. The summed E-state index contributed by atoms with van der Waals surface area (Å²) < 4.78 is 0. The van der Waals surface area contributed by atoms with Crippen molar-refractivity contribution in [2.75, 3.05) is 0 Å². The van der Waals surface area contributed by atoms with Gasteiger partial charge in [-0.2, -0.15) is 0 Å². The lowest BCUT2D eigenvalue weighted by molar-refractivity contribution is -0.119. The third kappa shape index (κ3) is 4.06.